The summed E-state index contributed by atoms with van der Waals surface area (Å²) in [4.78, 5) is 0. The first-order valence-electron chi connectivity index (χ1n) is 17.3. The minimum Gasteiger partial charge on any atom is -0.456 e. The van der Waals surface area contributed by atoms with E-state index in [0.717, 1.165) is 78.7 Å². The van der Waals surface area contributed by atoms with E-state index in [1.807, 2.05) is 36.4 Å². The average Bonchev–Trinajstić information content (AvgIpc) is 3.53. The largest absolute Gasteiger partial charge is 0.456 e. The molecule has 0 bridgehead atoms. The molecular formula is C48H31NO2. The van der Waals surface area contributed by atoms with Crippen molar-refractivity contribution in [1.29, 1.82) is 0 Å². The van der Waals surface area contributed by atoms with Crippen molar-refractivity contribution in [3.05, 3.63) is 188 Å². The summed E-state index contributed by atoms with van der Waals surface area (Å²) in [7, 11) is 0. The molecule has 10 rings (SSSR count). The van der Waals surface area contributed by atoms with Gasteiger partial charge in [0.25, 0.3) is 0 Å². The second-order valence-electron chi connectivity index (χ2n) is 12.9. The normalized spacial score (nSPS) is 11.8. The van der Waals surface area contributed by atoms with Crippen molar-refractivity contribution in [2.24, 2.45) is 0 Å². The zero-order chi connectivity index (χ0) is 33.7. The first-order chi connectivity index (χ1) is 25.3. The lowest BCUT2D eigenvalue weighted by Crippen LogP contribution is -1.99. The Morgan fingerprint density at radius 1 is 0.314 bits per heavy atom. The Morgan fingerprint density at radius 3 is 1.75 bits per heavy atom. The molecule has 9 aromatic rings. The van der Waals surface area contributed by atoms with Crippen LogP contribution in [-0.2, 0) is 0 Å². The molecule has 3 nitrogen and oxygen atoms in total. The van der Waals surface area contributed by atoms with E-state index in [0.29, 0.717) is 0 Å². The number of para-hydroxylation sites is 4. The lowest BCUT2D eigenvalue weighted by molar-refractivity contribution is 0.472. The Bertz CT molecular complexity index is 2740. The molecule has 240 valence electrons. The predicted molar refractivity (Wildman–Crippen MR) is 209 cm³/mol. The second-order valence-corrected chi connectivity index (χ2v) is 12.9. The highest BCUT2D eigenvalue weighted by molar-refractivity contribution is 6.11. The van der Waals surface area contributed by atoms with Gasteiger partial charge in [0.1, 0.15) is 23.0 Å². The second kappa shape index (κ2) is 11.9. The first kappa shape index (κ1) is 29.1. The number of hydrogen-bond acceptors (Lipinski definition) is 2. The fourth-order valence-corrected chi connectivity index (χ4v) is 7.55. The van der Waals surface area contributed by atoms with Crippen LogP contribution in [0.1, 0.15) is 0 Å². The predicted octanol–water partition coefficient (Wildman–Crippen LogP) is 13.3. The van der Waals surface area contributed by atoms with Crippen LogP contribution >= 0.6 is 0 Å². The van der Waals surface area contributed by atoms with Crippen LogP contribution in [0.3, 0.4) is 0 Å². The molecule has 0 unspecified atom stereocenters. The van der Waals surface area contributed by atoms with Crippen LogP contribution in [0.25, 0.3) is 72.0 Å². The summed E-state index contributed by atoms with van der Waals surface area (Å²) in [6, 6.07) is 65.8. The van der Waals surface area contributed by atoms with Gasteiger partial charge in [-0.05, 0) is 82.9 Å². The van der Waals surface area contributed by atoms with Crippen molar-refractivity contribution in [1.82, 2.24) is 4.57 Å². The van der Waals surface area contributed by atoms with E-state index >= 15 is 0 Å². The van der Waals surface area contributed by atoms with Gasteiger partial charge in [-0.3, -0.25) is 0 Å². The van der Waals surface area contributed by atoms with Crippen molar-refractivity contribution in [3.63, 3.8) is 0 Å². The van der Waals surface area contributed by atoms with Gasteiger partial charge in [-0.15, -0.1) is 0 Å². The van der Waals surface area contributed by atoms with Crippen molar-refractivity contribution in [2.45, 2.75) is 0 Å². The third-order valence-corrected chi connectivity index (χ3v) is 9.89. The number of hydrogen-bond donors (Lipinski definition) is 0. The fourth-order valence-electron chi connectivity index (χ4n) is 7.55. The Labute approximate surface area is 296 Å². The van der Waals surface area contributed by atoms with Gasteiger partial charge in [0.15, 0.2) is 0 Å². The van der Waals surface area contributed by atoms with E-state index in [1.165, 1.54) is 16.3 Å². The Kier molecular flexibility index (Phi) is 6.81. The minimum atomic E-state index is 0.765. The molecule has 0 spiro atoms. The first-order valence-corrected chi connectivity index (χ1v) is 17.3. The van der Waals surface area contributed by atoms with Crippen LogP contribution < -0.4 is 9.47 Å². The maximum absolute atomic E-state index is 7.12. The molecule has 51 heavy (non-hydrogen) atoms. The molecule has 0 atom stereocenters. The molecule has 0 N–H and O–H groups in total. The Balaban J connectivity index is 1.22. The Hall–Kier alpha value is -6.84. The summed E-state index contributed by atoms with van der Waals surface area (Å²) < 4.78 is 16.3. The molecule has 8 aromatic carbocycles. The summed E-state index contributed by atoms with van der Waals surface area (Å²) in [5, 5.41) is 2.41. The summed E-state index contributed by atoms with van der Waals surface area (Å²) >= 11 is 0. The van der Waals surface area contributed by atoms with E-state index in [9.17, 15) is 0 Å². The van der Waals surface area contributed by atoms with Gasteiger partial charge in [0.2, 0.25) is 0 Å². The quantitative estimate of drug-likeness (QED) is 0.189. The molecule has 1 aliphatic heterocycles. The highest BCUT2D eigenvalue weighted by Gasteiger charge is 2.24. The van der Waals surface area contributed by atoms with E-state index in [1.54, 1.807) is 0 Å². The number of ether oxygens (including phenoxy) is 2. The average molecular weight is 654 g/mol. The zero-order valence-electron chi connectivity index (χ0n) is 27.7. The number of rotatable bonds is 3. The summed E-state index contributed by atoms with van der Waals surface area (Å²) in [6.45, 7) is 0. The number of nitrogens with zero attached hydrogens (tertiary/aromatic N) is 1. The summed E-state index contributed by atoms with van der Waals surface area (Å²) in [5.41, 5.74) is 11.8. The van der Waals surface area contributed by atoms with Crippen LogP contribution in [0.5, 0.6) is 23.0 Å². The van der Waals surface area contributed by atoms with Crippen LogP contribution in [0.15, 0.2) is 188 Å². The van der Waals surface area contributed by atoms with Crippen LogP contribution in [-0.4, -0.2) is 4.57 Å². The van der Waals surface area contributed by atoms with Crippen molar-refractivity contribution in [2.75, 3.05) is 0 Å². The molecule has 0 saturated carbocycles. The SMILES string of the molecule is c1ccc(-c2ccc3c(c2)Oc2cccc(-c4ccc5c(c4)c4ccccc4n5-c4ccccc4)c2-c2ccccc2Oc2ccccc2-3)cc1. The molecule has 2 heterocycles. The van der Waals surface area contributed by atoms with Gasteiger partial charge >= 0.3 is 0 Å². The van der Waals surface area contributed by atoms with E-state index < -0.39 is 0 Å². The van der Waals surface area contributed by atoms with Crippen molar-refractivity contribution in [3.8, 4) is 73.2 Å². The van der Waals surface area contributed by atoms with Crippen LogP contribution in [0.4, 0.5) is 0 Å². The topological polar surface area (TPSA) is 23.4 Å². The highest BCUT2D eigenvalue weighted by atomic mass is 16.5. The van der Waals surface area contributed by atoms with Crippen LogP contribution in [0.2, 0.25) is 0 Å². The summed E-state index contributed by atoms with van der Waals surface area (Å²) in [5.74, 6) is 3.08. The number of benzene rings is 8. The molecule has 3 heteroatoms. The van der Waals surface area contributed by atoms with Gasteiger partial charge in [-0.25, -0.2) is 0 Å². The minimum absolute atomic E-state index is 0.765. The number of aromatic nitrogens is 1. The number of fused-ring (bicyclic) bond motifs is 9. The fraction of sp³-hybridized carbons (Fsp3) is 0. The van der Waals surface area contributed by atoms with E-state index in [4.69, 9.17) is 9.47 Å². The molecule has 0 fully saturated rings. The zero-order valence-corrected chi connectivity index (χ0v) is 27.7. The summed E-state index contributed by atoms with van der Waals surface area (Å²) in [6.07, 6.45) is 0. The third kappa shape index (κ3) is 4.90. The molecule has 1 aliphatic rings. The molecule has 0 radical (unpaired) electrons. The molecule has 1 aromatic heterocycles. The standard InChI is InChI=1S/C48H31NO2/c1-3-14-32(15-4-1)33-26-28-39-38-19-8-11-23-44(38)50-45-24-12-9-20-40(45)48-36(21-13-25-46(48)51-47(39)31-33)34-27-29-43-41(30-34)37-18-7-10-22-42(37)49(43)35-16-5-2-6-17-35/h1-31H. The van der Waals surface area contributed by atoms with Gasteiger partial charge in [0, 0.05) is 38.7 Å². The van der Waals surface area contributed by atoms with Gasteiger partial charge < -0.3 is 14.0 Å². The third-order valence-electron chi connectivity index (χ3n) is 9.89. The van der Waals surface area contributed by atoms with E-state index in [2.05, 4.69) is 156 Å². The monoisotopic (exact) mass is 653 g/mol. The van der Waals surface area contributed by atoms with Gasteiger partial charge in [0.05, 0.1) is 11.0 Å². The molecule has 0 aliphatic carbocycles. The Morgan fingerprint density at radius 2 is 0.902 bits per heavy atom. The highest BCUT2D eigenvalue weighted by Crippen LogP contribution is 2.50. The van der Waals surface area contributed by atoms with Gasteiger partial charge in [-0.2, -0.15) is 0 Å². The lowest BCUT2D eigenvalue weighted by Gasteiger charge is -2.23. The molecule has 0 amide bonds. The van der Waals surface area contributed by atoms with E-state index in [-0.39, 0.29) is 0 Å². The lowest BCUT2D eigenvalue weighted by atomic mass is 9.92. The maximum Gasteiger partial charge on any atom is 0.136 e. The van der Waals surface area contributed by atoms with Crippen molar-refractivity contribution < 1.29 is 9.47 Å². The molecular weight excluding hydrogens is 623 g/mol. The van der Waals surface area contributed by atoms with Crippen molar-refractivity contribution >= 4 is 21.8 Å². The van der Waals surface area contributed by atoms with Crippen LogP contribution in [0, 0.1) is 0 Å². The maximum atomic E-state index is 7.12. The smallest absolute Gasteiger partial charge is 0.136 e. The molecule has 0 saturated heterocycles. The van der Waals surface area contributed by atoms with Gasteiger partial charge in [-0.1, -0.05) is 127 Å².